The second kappa shape index (κ2) is 10.7. The number of hydrogen-bond donors (Lipinski definition) is 3. The van der Waals surface area contributed by atoms with E-state index in [4.69, 9.17) is 9.84 Å². The number of aliphatic carboxylic acids is 1. The third-order valence-electron chi connectivity index (χ3n) is 6.35. The molecule has 1 unspecified atom stereocenters. The Bertz CT molecular complexity index is 998. The molecule has 1 aliphatic carbocycles. The summed E-state index contributed by atoms with van der Waals surface area (Å²) in [6.07, 6.45) is -0.144. The minimum absolute atomic E-state index is 0.0370. The maximum Gasteiger partial charge on any atom is 0.407 e. The fourth-order valence-corrected chi connectivity index (χ4v) is 4.33. The SMILES string of the molecule is CC[C@@H](CC(=O)NC(CC(=O)O)C(C)(C)C)NC(=O)OCC1c2ccccc2-c2ccccc21. The highest BCUT2D eigenvalue weighted by molar-refractivity contribution is 5.80. The Balaban J connectivity index is 1.57. The molecule has 0 aromatic heterocycles. The first-order chi connectivity index (χ1) is 16.1. The molecular weight excluding hydrogens is 432 g/mol. The van der Waals surface area contributed by atoms with Gasteiger partial charge < -0.3 is 20.5 Å². The fourth-order valence-electron chi connectivity index (χ4n) is 4.33. The Kier molecular flexibility index (Phi) is 7.97. The number of amides is 2. The van der Waals surface area contributed by atoms with Gasteiger partial charge in [-0.2, -0.15) is 0 Å². The van der Waals surface area contributed by atoms with E-state index in [1.165, 1.54) is 0 Å². The van der Waals surface area contributed by atoms with Crippen LogP contribution in [-0.4, -0.2) is 41.8 Å². The average molecular weight is 467 g/mol. The molecule has 182 valence electrons. The topological polar surface area (TPSA) is 105 Å². The van der Waals surface area contributed by atoms with Crippen molar-refractivity contribution in [1.82, 2.24) is 10.6 Å². The lowest BCUT2D eigenvalue weighted by Gasteiger charge is -2.31. The molecule has 0 aliphatic heterocycles. The van der Waals surface area contributed by atoms with Gasteiger partial charge in [-0.05, 0) is 34.1 Å². The van der Waals surface area contributed by atoms with Crippen LogP contribution in [0, 0.1) is 5.41 Å². The summed E-state index contributed by atoms with van der Waals surface area (Å²) in [6.45, 7) is 7.72. The van der Waals surface area contributed by atoms with Crippen molar-refractivity contribution >= 4 is 18.0 Å². The largest absolute Gasteiger partial charge is 0.481 e. The van der Waals surface area contributed by atoms with E-state index >= 15 is 0 Å². The van der Waals surface area contributed by atoms with Crippen LogP contribution in [0.25, 0.3) is 11.1 Å². The van der Waals surface area contributed by atoms with Crippen molar-refractivity contribution in [3.63, 3.8) is 0 Å². The van der Waals surface area contributed by atoms with E-state index in [9.17, 15) is 14.4 Å². The molecule has 7 heteroatoms. The molecule has 3 rings (SSSR count). The van der Waals surface area contributed by atoms with Gasteiger partial charge in [0, 0.05) is 24.4 Å². The summed E-state index contributed by atoms with van der Waals surface area (Å²) in [6, 6.07) is 15.3. The van der Waals surface area contributed by atoms with Gasteiger partial charge in [-0.15, -0.1) is 0 Å². The van der Waals surface area contributed by atoms with Gasteiger partial charge in [0.2, 0.25) is 5.91 Å². The molecule has 0 saturated carbocycles. The van der Waals surface area contributed by atoms with Crippen molar-refractivity contribution in [3.8, 4) is 11.1 Å². The van der Waals surface area contributed by atoms with Crippen LogP contribution in [0.4, 0.5) is 4.79 Å². The van der Waals surface area contributed by atoms with Crippen LogP contribution in [0.2, 0.25) is 0 Å². The highest BCUT2D eigenvalue weighted by Gasteiger charge is 2.31. The molecule has 0 bridgehead atoms. The van der Waals surface area contributed by atoms with Crippen LogP contribution in [-0.2, 0) is 14.3 Å². The molecule has 2 amide bonds. The predicted octanol–water partition coefficient (Wildman–Crippen LogP) is 4.70. The summed E-state index contributed by atoms with van der Waals surface area (Å²) >= 11 is 0. The van der Waals surface area contributed by atoms with Crippen molar-refractivity contribution in [2.24, 2.45) is 5.41 Å². The zero-order chi connectivity index (χ0) is 24.9. The number of ether oxygens (including phenoxy) is 1. The monoisotopic (exact) mass is 466 g/mol. The van der Waals surface area contributed by atoms with Crippen LogP contribution in [0.5, 0.6) is 0 Å². The maximum atomic E-state index is 12.6. The Morgan fingerprint density at radius 2 is 1.50 bits per heavy atom. The smallest absolute Gasteiger partial charge is 0.407 e. The Labute approximate surface area is 200 Å². The van der Waals surface area contributed by atoms with Crippen LogP contribution in [0.1, 0.15) is 64.0 Å². The van der Waals surface area contributed by atoms with Crippen molar-refractivity contribution < 1.29 is 24.2 Å². The lowest BCUT2D eigenvalue weighted by atomic mass is 9.84. The summed E-state index contributed by atoms with van der Waals surface area (Å²) in [7, 11) is 0. The number of fused-ring (bicyclic) bond motifs is 3. The van der Waals surface area contributed by atoms with Crippen LogP contribution < -0.4 is 10.6 Å². The lowest BCUT2D eigenvalue weighted by Crippen LogP contribution is -2.47. The first-order valence-corrected chi connectivity index (χ1v) is 11.7. The van der Waals surface area contributed by atoms with Gasteiger partial charge in [-0.1, -0.05) is 76.2 Å². The molecule has 7 nitrogen and oxygen atoms in total. The highest BCUT2D eigenvalue weighted by Crippen LogP contribution is 2.44. The third kappa shape index (κ3) is 6.16. The van der Waals surface area contributed by atoms with Gasteiger partial charge in [0.15, 0.2) is 0 Å². The van der Waals surface area contributed by atoms with Gasteiger partial charge in [0.25, 0.3) is 0 Å². The summed E-state index contributed by atoms with van der Waals surface area (Å²) in [4.78, 5) is 36.3. The van der Waals surface area contributed by atoms with Gasteiger partial charge in [-0.25, -0.2) is 4.79 Å². The van der Waals surface area contributed by atoms with Gasteiger partial charge in [0.05, 0.1) is 6.42 Å². The number of carboxylic acid groups (broad SMARTS) is 1. The van der Waals surface area contributed by atoms with Crippen LogP contribution in [0.15, 0.2) is 48.5 Å². The van der Waals surface area contributed by atoms with Gasteiger partial charge in [0.1, 0.15) is 6.61 Å². The minimum atomic E-state index is -0.968. The van der Waals surface area contributed by atoms with E-state index in [-0.39, 0.29) is 31.3 Å². The molecule has 0 heterocycles. The van der Waals surface area contributed by atoms with Gasteiger partial charge in [-0.3, -0.25) is 9.59 Å². The molecule has 3 N–H and O–H groups in total. The van der Waals surface area contributed by atoms with Gasteiger partial charge >= 0.3 is 12.1 Å². The second-order valence-corrected chi connectivity index (χ2v) is 9.86. The number of hydrogen-bond acceptors (Lipinski definition) is 4. The standard InChI is InChI=1S/C27H34N2O5/c1-5-17(14-24(30)29-23(15-25(31)32)27(2,3)4)28-26(33)34-16-22-20-12-8-6-10-18(20)19-11-7-9-13-21(19)22/h6-13,17,22-23H,5,14-16H2,1-4H3,(H,28,33)(H,29,30)(H,31,32)/t17-,23?/m0/s1. The summed E-state index contributed by atoms with van der Waals surface area (Å²) in [5.41, 5.74) is 4.18. The Morgan fingerprint density at radius 3 is 2.00 bits per heavy atom. The second-order valence-electron chi connectivity index (χ2n) is 9.86. The molecule has 2 aromatic carbocycles. The van der Waals surface area contributed by atoms with Crippen molar-refractivity contribution in [2.45, 2.75) is 65.0 Å². The molecule has 0 saturated heterocycles. The number of nitrogens with one attached hydrogen (secondary N) is 2. The number of benzene rings is 2. The summed E-state index contributed by atoms with van der Waals surface area (Å²) in [5, 5.41) is 14.8. The molecule has 0 spiro atoms. The predicted molar refractivity (Wildman–Crippen MR) is 131 cm³/mol. The first-order valence-electron chi connectivity index (χ1n) is 11.7. The first kappa shape index (κ1) is 25.3. The van der Waals surface area contributed by atoms with E-state index in [1.807, 2.05) is 52.0 Å². The molecule has 34 heavy (non-hydrogen) atoms. The number of rotatable bonds is 9. The maximum absolute atomic E-state index is 12.6. The minimum Gasteiger partial charge on any atom is -0.481 e. The molecule has 2 atom stereocenters. The van der Waals surface area contributed by atoms with E-state index in [0.29, 0.717) is 6.42 Å². The number of carboxylic acids is 1. The molecule has 0 fully saturated rings. The molecule has 1 aliphatic rings. The molecular formula is C27H34N2O5. The number of alkyl carbamates (subject to hydrolysis) is 1. The normalized spacial score (nSPS) is 14.5. The Morgan fingerprint density at radius 1 is 0.941 bits per heavy atom. The quantitative estimate of drug-likeness (QED) is 0.497. The van der Waals surface area contributed by atoms with Crippen LogP contribution in [0.3, 0.4) is 0 Å². The highest BCUT2D eigenvalue weighted by atomic mass is 16.5. The average Bonchev–Trinajstić information content (AvgIpc) is 3.09. The Hall–Kier alpha value is -3.35. The van der Waals surface area contributed by atoms with Crippen molar-refractivity contribution in [2.75, 3.05) is 6.61 Å². The van der Waals surface area contributed by atoms with Crippen molar-refractivity contribution in [3.05, 3.63) is 59.7 Å². The van der Waals surface area contributed by atoms with Crippen molar-refractivity contribution in [1.29, 1.82) is 0 Å². The summed E-state index contributed by atoms with van der Waals surface area (Å²) in [5.74, 6) is -1.30. The van der Waals surface area contributed by atoms with E-state index in [0.717, 1.165) is 22.3 Å². The van der Waals surface area contributed by atoms with E-state index < -0.39 is 29.6 Å². The van der Waals surface area contributed by atoms with E-state index in [2.05, 4.69) is 34.9 Å². The summed E-state index contributed by atoms with van der Waals surface area (Å²) < 4.78 is 5.58. The fraction of sp³-hybridized carbons (Fsp3) is 0.444. The number of carbonyl (C=O) groups excluding carboxylic acids is 2. The zero-order valence-corrected chi connectivity index (χ0v) is 20.3. The number of carbonyl (C=O) groups is 3. The third-order valence-corrected chi connectivity index (χ3v) is 6.35. The lowest BCUT2D eigenvalue weighted by molar-refractivity contribution is -0.138. The van der Waals surface area contributed by atoms with Crippen LogP contribution >= 0.6 is 0 Å². The molecule has 2 aromatic rings. The van der Waals surface area contributed by atoms with E-state index in [1.54, 1.807) is 0 Å². The molecule has 0 radical (unpaired) electrons. The zero-order valence-electron chi connectivity index (χ0n) is 20.3.